The van der Waals surface area contributed by atoms with Gasteiger partial charge in [0.05, 0.1) is 4.90 Å². The number of rotatable bonds is 10. The molecule has 28 heavy (non-hydrogen) atoms. The summed E-state index contributed by atoms with van der Waals surface area (Å²) in [7, 11) is -3.96. The number of benzene rings is 2. The van der Waals surface area contributed by atoms with Gasteiger partial charge in [0.1, 0.15) is 12.1 Å². The Bertz CT molecular complexity index is 958. The molecule has 2 rings (SSSR count). The summed E-state index contributed by atoms with van der Waals surface area (Å²) in [6.45, 7) is 3.15. The van der Waals surface area contributed by atoms with Crippen molar-refractivity contribution in [1.29, 1.82) is 0 Å². The Morgan fingerprint density at radius 3 is 2.14 bits per heavy atom. The summed E-state index contributed by atoms with van der Waals surface area (Å²) in [6.07, 6.45) is 0.219. The summed E-state index contributed by atoms with van der Waals surface area (Å²) < 4.78 is 27.4. The molecule has 0 saturated carbocycles. The fourth-order valence-electron chi connectivity index (χ4n) is 2.78. The molecule has 0 radical (unpaired) electrons. The molecule has 0 amide bonds. The van der Waals surface area contributed by atoms with Crippen molar-refractivity contribution in [3.8, 4) is 0 Å². The predicted octanol–water partition coefficient (Wildman–Crippen LogP) is 1.66. The van der Waals surface area contributed by atoms with E-state index in [1.807, 2.05) is 26.0 Å². The van der Waals surface area contributed by atoms with Gasteiger partial charge in [-0.25, -0.2) is 13.1 Å². The number of hydrogen-bond acceptors (Lipinski definition) is 5. The van der Waals surface area contributed by atoms with Crippen LogP contribution in [0.5, 0.6) is 0 Å². The number of sulfonamides is 1. The average Bonchev–Trinajstić information content (AvgIpc) is 2.63. The number of fused-ring (bicyclic) bond motifs is 1. The second-order valence-corrected chi connectivity index (χ2v) is 8.71. The number of carboxylic acids is 2. The molecule has 8 nitrogen and oxygen atoms in total. The molecule has 0 spiro atoms. The maximum atomic E-state index is 12.6. The predicted molar refractivity (Wildman–Crippen MR) is 105 cm³/mol. The van der Waals surface area contributed by atoms with E-state index in [4.69, 9.17) is 0 Å². The zero-order chi connectivity index (χ0) is 20.9. The van der Waals surface area contributed by atoms with Crippen LogP contribution in [0.15, 0.2) is 47.4 Å². The molecule has 4 N–H and O–H groups in total. The van der Waals surface area contributed by atoms with Crippen LogP contribution >= 0.6 is 0 Å². The number of nitrogens with one attached hydrogen (secondary N) is 2. The lowest BCUT2D eigenvalue weighted by atomic mass is 10.0. The van der Waals surface area contributed by atoms with Gasteiger partial charge in [0.25, 0.3) is 0 Å². The average molecular weight is 408 g/mol. The zero-order valence-electron chi connectivity index (χ0n) is 15.6. The minimum Gasteiger partial charge on any atom is -0.480 e. The van der Waals surface area contributed by atoms with Crippen molar-refractivity contribution in [3.63, 3.8) is 0 Å². The van der Waals surface area contributed by atoms with Crippen molar-refractivity contribution >= 4 is 32.7 Å². The lowest BCUT2D eigenvalue weighted by molar-refractivity contribution is -0.142. The van der Waals surface area contributed by atoms with Crippen LogP contribution < -0.4 is 10.0 Å². The van der Waals surface area contributed by atoms with Crippen molar-refractivity contribution in [2.24, 2.45) is 5.92 Å². The molecule has 0 aliphatic rings. The summed E-state index contributed by atoms with van der Waals surface area (Å²) in [4.78, 5) is 22.8. The van der Waals surface area contributed by atoms with Gasteiger partial charge in [0.2, 0.25) is 10.0 Å². The quantitative estimate of drug-likeness (QED) is 0.470. The van der Waals surface area contributed by atoms with Crippen LogP contribution in [0.2, 0.25) is 0 Å². The third-order valence-corrected chi connectivity index (χ3v) is 5.64. The van der Waals surface area contributed by atoms with E-state index in [0.29, 0.717) is 0 Å². The van der Waals surface area contributed by atoms with Gasteiger partial charge >= 0.3 is 11.9 Å². The minimum absolute atomic E-state index is 0.00676. The number of hydrogen-bond donors (Lipinski definition) is 4. The van der Waals surface area contributed by atoms with Crippen LogP contribution in [0.4, 0.5) is 0 Å². The largest absolute Gasteiger partial charge is 0.480 e. The monoisotopic (exact) mass is 408 g/mol. The van der Waals surface area contributed by atoms with Crippen molar-refractivity contribution in [1.82, 2.24) is 10.0 Å². The van der Waals surface area contributed by atoms with Crippen LogP contribution in [-0.4, -0.2) is 49.2 Å². The maximum absolute atomic E-state index is 12.6. The molecule has 2 aromatic carbocycles. The molecule has 152 valence electrons. The minimum atomic E-state index is -3.96. The zero-order valence-corrected chi connectivity index (χ0v) is 16.4. The maximum Gasteiger partial charge on any atom is 0.322 e. The molecular weight excluding hydrogens is 384 g/mol. The third-order valence-electron chi connectivity index (χ3n) is 4.21. The highest BCUT2D eigenvalue weighted by Crippen LogP contribution is 2.18. The van der Waals surface area contributed by atoms with Crippen LogP contribution in [0.25, 0.3) is 10.8 Å². The second kappa shape index (κ2) is 9.13. The normalized spacial score (nSPS) is 14.1. The van der Waals surface area contributed by atoms with Crippen molar-refractivity contribution < 1.29 is 28.2 Å². The fourth-order valence-corrected chi connectivity index (χ4v) is 3.86. The highest BCUT2D eigenvalue weighted by atomic mass is 32.2. The molecular formula is C19H24N2O6S. The highest BCUT2D eigenvalue weighted by Gasteiger charge is 2.28. The van der Waals surface area contributed by atoms with Gasteiger partial charge in [0.15, 0.2) is 0 Å². The molecule has 0 aromatic heterocycles. The Kier molecular flexibility index (Phi) is 7.11. The van der Waals surface area contributed by atoms with Crippen LogP contribution in [0.1, 0.15) is 20.3 Å². The summed E-state index contributed by atoms with van der Waals surface area (Å²) in [6, 6.07) is 9.39. The van der Waals surface area contributed by atoms with Gasteiger partial charge in [-0.05, 0) is 35.2 Å². The first kappa shape index (κ1) is 21.8. The molecule has 2 aromatic rings. The van der Waals surface area contributed by atoms with E-state index in [9.17, 15) is 28.2 Å². The molecule has 0 saturated heterocycles. The van der Waals surface area contributed by atoms with E-state index in [1.165, 1.54) is 12.1 Å². The van der Waals surface area contributed by atoms with Crippen LogP contribution in [0.3, 0.4) is 0 Å². The summed E-state index contributed by atoms with van der Waals surface area (Å²) in [5.74, 6) is -2.49. The van der Waals surface area contributed by atoms with E-state index in [0.717, 1.165) is 10.8 Å². The molecule has 0 aliphatic heterocycles. The van der Waals surface area contributed by atoms with E-state index < -0.39 is 40.6 Å². The lowest BCUT2D eigenvalue weighted by Gasteiger charge is -2.22. The van der Waals surface area contributed by atoms with E-state index >= 15 is 0 Å². The van der Waals surface area contributed by atoms with Gasteiger partial charge in [-0.15, -0.1) is 0 Å². The Labute approximate surface area is 163 Å². The number of aliphatic carboxylic acids is 2. The van der Waals surface area contributed by atoms with Gasteiger partial charge in [0, 0.05) is 6.54 Å². The molecule has 2 atom stereocenters. The van der Waals surface area contributed by atoms with E-state index in [2.05, 4.69) is 10.0 Å². The van der Waals surface area contributed by atoms with Gasteiger partial charge < -0.3 is 10.2 Å². The Morgan fingerprint density at radius 2 is 1.57 bits per heavy atom. The first-order valence-electron chi connectivity index (χ1n) is 8.80. The first-order chi connectivity index (χ1) is 13.1. The molecule has 0 fully saturated rings. The van der Waals surface area contributed by atoms with E-state index in [-0.39, 0.29) is 17.2 Å². The summed E-state index contributed by atoms with van der Waals surface area (Å²) >= 11 is 0. The lowest BCUT2D eigenvalue weighted by Crippen LogP contribution is -2.52. The Balaban J connectivity index is 2.14. The molecule has 0 bridgehead atoms. The Morgan fingerprint density at radius 1 is 0.964 bits per heavy atom. The van der Waals surface area contributed by atoms with Crippen molar-refractivity contribution in [2.45, 2.75) is 37.2 Å². The van der Waals surface area contributed by atoms with Gasteiger partial charge in [-0.2, -0.15) is 0 Å². The van der Waals surface area contributed by atoms with Gasteiger partial charge in [-0.3, -0.25) is 14.9 Å². The molecule has 2 unspecified atom stereocenters. The molecule has 0 aliphatic carbocycles. The topological polar surface area (TPSA) is 133 Å². The van der Waals surface area contributed by atoms with Crippen molar-refractivity contribution in [3.05, 3.63) is 42.5 Å². The van der Waals surface area contributed by atoms with Crippen LogP contribution in [0, 0.1) is 5.92 Å². The first-order valence-corrected chi connectivity index (χ1v) is 10.3. The smallest absolute Gasteiger partial charge is 0.322 e. The molecule has 9 heteroatoms. The summed E-state index contributed by atoms with van der Waals surface area (Å²) in [5.41, 5.74) is 0. The van der Waals surface area contributed by atoms with E-state index in [1.54, 1.807) is 18.2 Å². The summed E-state index contributed by atoms with van der Waals surface area (Å²) in [5, 5.41) is 22.8. The van der Waals surface area contributed by atoms with Gasteiger partial charge in [-0.1, -0.05) is 44.2 Å². The van der Waals surface area contributed by atoms with Crippen molar-refractivity contribution in [2.75, 3.05) is 6.54 Å². The number of carbonyl (C=O) groups is 2. The third kappa shape index (κ3) is 5.75. The molecule has 0 heterocycles. The Hall–Kier alpha value is -2.49. The SMILES string of the molecule is CC(C)CC(NC(CNS(=O)(=O)c1ccc2ccccc2c1)C(=O)O)C(=O)O. The fraction of sp³-hybridized carbons (Fsp3) is 0.368. The second-order valence-electron chi connectivity index (χ2n) is 6.94. The highest BCUT2D eigenvalue weighted by molar-refractivity contribution is 7.89. The standard InChI is InChI=1S/C19H24N2O6S/c1-12(2)9-16(18(22)23)21-17(19(24)25)11-20-28(26,27)15-8-7-13-5-3-4-6-14(13)10-15/h3-8,10,12,16-17,20-21H,9,11H2,1-2H3,(H,22,23)(H,24,25). The number of carboxylic acid groups (broad SMARTS) is 2. The van der Waals surface area contributed by atoms with Crippen LogP contribution in [-0.2, 0) is 19.6 Å².